The zero-order valence-electron chi connectivity index (χ0n) is 15.7. The Hall–Kier alpha value is -2.66. The van der Waals surface area contributed by atoms with Gasteiger partial charge in [-0.1, -0.05) is 35.9 Å². The van der Waals surface area contributed by atoms with Crippen LogP contribution in [0.3, 0.4) is 0 Å². The lowest BCUT2D eigenvalue weighted by Gasteiger charge is -2.30. The van der Waals surface area contributed by atoms with E-state index in [0.717, 1.165) is 57.5 Å². The van der Waals surface area contributed by atoms with Gasteiger partial charge in [-0.05, 0) is 44.4 Å². The van der Waals surface area contributed by atoms with Gasteiger partial charge >= 0.3 is 0 Å². The molecule has 0 aliphatic carbocycles. The molecule has 2 heterocycles. The molecule has 1 aliphatic heterocycles. The summed E-state index contributed by atoms with van der Waals surface area (Å²) >= 11 is 1.61. The van der Waals surface area contributed by atoms with Crippen LogP contribution < -0.4 is 10.6 Å². The van der Waals surface area contributed by atoms with Crippen LogP contribution in [-0.2, 0) is 17.6 Å². The second kappa shape index (κ2) is 7.16. The highest BCUT2D eigenvalue weighted by molar-refractivity contribution is 7.12. The molecular weight excluding hydrogens is 354 g/mol. The summed E-state index contributed by atoms with van der Waals surface area (Å²) in [5, 5.41) is 0.983. The number of benzene rings is 2. The van der Waals surface area contributed by atoms with E-state index in [0.29, 0.717) is 6.42 Å². The van der Waals surface area contributed by atoms with Gasteiger partial charge in [-0.25, -0.2) is 4.98 Å². The normalized spacial score (nSPS) is 13.5. The highest BCUT2D eigenvalue weighted by atomic mass is 32.1. The van der Waals surface area contributed by atoms with E-state index in [2.05, 4.69) is 31.2 Å². The summed E-state index contributed by atoms with van der Waals surface area (Å²) in [5.74, 6) is 0.110. The molecule has 1 aliphatic rings. The lowest BCUT2D eigenvalue weighted by Crippen LogP contribution is -2.36. The zero-order valence-corrected chi connectivity index (χ0v) is 16.5. The molecule has 1 amide bonds. The lowest BCUT2D eigenvalue weighted by molar-refractivity contribution is -0.118. The first kappa shape index (κ1) is 17.7. The zero-order chi connectivity index (χ0) is 19.0. The standard InChI is InChI=1S/C22H23N3OS/c1-14-8-10-16(11-9-14)22-20(27-15(2)24-22)13-21(26)25-12-4-5-17-18(23)6-3-7-19(17)25/h3,6-11H,4-5,12-13,23H2,1-2H3. The van der Waals surface area contributed by atoms with Crippen LogP contribution in [0.2, 0.25) is 0 Å². The number of aryl methyl sites for hydroxylation is 2. The van der Waals surface area contributed by atoms with Gasteiger partial charge in [0.25, 0.3) is 0 Å². The van der Waals surface area contributed by atoms with Crippen molar-refractivity contribution in [1.82, 2.24) is 4.98 Å². The van der Waals surface area contributed by atoms with Crippen molar-refractivity contribution in [2.45, 2.75) is 33.1 Å². The van der Waals surface area contributed by atoms with E-state index >= 15 is 0 Å². The number of carbonyl (C=O) groups is 1. The molecule has 0 atom stereocenters. The Morgan fingerprint density at radius 2 is 1.96 bits per heavy atom. The molecule has 2 N–H and O–H groups in total. The second-order valence-electron chi connectivity index (χ2n) is 7.04. The molecule has 1 aromatic heterocycles. The molecule has 2 aromatic carbocycles. The van der Waals surface area contributed by atoms with Crippen LogP contribution >= 0.6 is 11.3 Å². The number of thiazole rings is 1. The summed E-state index contributed by atoms with van der Waals surface area (Å²) in [6.45, 7) is 4.81. The first-order chi connectivity index (χ1) is 13.0. The number of amides is 1. The monoisotopic (exact) mass is 377 g/mol. The molecule has 0 radical (unpaired) electrons. The minimum absolute atomic E-state index is 0.110. The van der Waals surface area contributed by atoms with Gasteiger partial charge in [0, 0.05) is 28.4 Å². The maximum atomic E-state index is 13.2. The number of hydrogen-bond donors (Lipinski definition) is 1. The number of nitrogen functional groups attached to an aromatic ring is 1. The van der Waals surface area contributed by atoms with Crippen LogP contribution in [0.25, 0.3) is 11.3 Å². The molecule has 138 valence electrons. The van der Waals surface area contributed by atoms with Crippen LogP contribution in [0.1, 0.15) is 27.4 Å². The molecule has 27 heavy (non-hydrogen) atoms. The van der Waals surface area contributed by atoms with Crippen molar-refractivity contribution in [2.75, 3.05) is 17.2 Å². The van der Waals surface area contributed by atoms with E-state index in [-0.39, 0.29) is 5.91 Å². The van der Waals surface area contributed by atoms with Gasteiger partial charge in [0.2, 0.25) is 5.91 Å². The minimum Gasteiger partial charge on any atom is -0.398 e. The third-order valence-electron chi connectivity index (χ3n) is 5.03. The Balaban J connectivity index is 1.64. The highest BCUT2D eigenvalue weighted by Crippen LogP contribution is 2.33. The van der Waals surface area contributed by atoms with Gasteiger partial charge < -0.3 is 10.6 Å². The maximum Gasteiger partial charge on any atom is 0.232 e. The lowest BCUT2D eigenvalue weighted by atomic mass is 9.99. The van der Waals surface area contributed by atoms with E-state index in [4.69, 9.17) is 10.7 Å². The van der Waals surface area contributed by atoms with Crippen molar-refractivity contribution in [3.8, 4) is 11.3 Å². The Kier molecular flexibility index (Phi) is 4.70. The smallest absolute Gasteiger partial charge is 0.232 e. The Morgan fingerprint density at radius 1 is 1.19 bits per heavy atom. The van der Waals surface area contributed by atoms with E-state index in [1.165, 1.54) is 5.56 Å². The predicted octanol–water partition coefficient (Wildman–Crippen LogP) is 4.53. The average Bonchev–Trinajstić information content (AvgIpc) is 3.02. The molecule has 0 unspecified atom stereocenters. The van der Waals surface area contributed by atoms with Gasteiger partial charge in [0.15, 0.2) is 0 Å². The summed E-state index contributed by atoms with van der Waals surface area (Å²) in [5.41, 5.74) is 12.2. The molecule has 4 rings (SSSR count). The number of anilines is 2. The summed E-state index contributed by atoms with van der Waals surface area (Å²) in [6.07, 6.45) is 2.24. The van der Waals surface area contributed by atoms with Gasteiger partial charge in [-0.15, -0.1) is 11.3 Å². The van der Waals surface area contributed by atoms with Gasteiger partial charge in [-0.2, -0.15) is 0 Å². The van der Waals surface area contributed by atoms with Crippen LogP contribution in [0, 0.1) is 13.8 Å². The minimum atomic E-state index is 0.110. The summed E-state index contributed by atoms with van der Waals surface area (Å²) in [7, 11) is 0. The number of nitrogens with zero attached hydrogens (tertiary/aromatic N) is 2. The Bertz CT molecular complexity index is 991. The molecule has 0 spiro atoms. The molecule has 0 fully saturated rings. The molecule has 0 saturated carbocycles. The number of rotatable bonds is 3. The molecule has 5 heteroatoms. The van der Waals surface area contributed by atoms with Crippen LogP contribution in [0.15, 0.2) is 42.5 Å². The van der Waals surface area contributed by atoms with Crippen molar-refractivity contribution in [3.63, 3.8) is 0 Å². The van der Waals surface area contributed by atoms with E-state index in [9.17, 15) is 4.79 Å². The van der Waals surface area contributed by atoms with Crippen LogP contribution in [0.5, 0.6) is 0 Å². The first-order valence-electron chi connectivity index (χ1n) is 9.24. The van der Waals surface area contributed by atoms with Crippen molar-refractivity contribution in [3.05, 3.63) is 63.5 Å². The van der Waals surface area contributed by atoms with Crippen LogP contribution in [-0.4, -0.2) is 17.4 Å². The second-order valence-corrected chi connectivity index (χ2v) is 8.33. The van der Waals surface area contributed by atoms with Crippen molar-refractivity contribution in [2.24, 2.45) is 0 Å². The summed E-state index contributed by atoms with van der Waals surface area (Å²) < 4.78 is 0. The fourth-order valence-corrected chi connectivity index (χ4v) is 4.62. The van der Waals surface area contributed by atoms with Crippen LogP contribution in [0.4, 0.5) is 11.4 Å². The molecule has 3 aromatic rings. The largest absolute Gasteiger partial charge is 0.398 e. The van der Waals surface area contributed by atoms with Crippen molar-refractivity contribution >= 4 is 28.6 Å². The van der Waals surface area contributed by atoms with E-state index in [1.54, 1.807) is 11.3 Å². The number of hydrogen-bond acceptors (Lipinski definition) is 4. The summed E-state index contributed by atoms with van der Waals surface area (Å²) in [6, 6.07) is 14.2. The topological polar surface area (TPSA) is 59.2 Å². The first-order valence-corrected chi connectivity index (χ1v) is 10.1. The highest BCUT2D eigenvalue weighted by Gasteiger charge is 2.25. The maximum absolute atomic E-state index is 13.2. The Labute approximate surface area is 163 Å². The fourth-order valence-electron chi connectivity index (χ4n) is 3.67. The number of aromatic nitrogens is 1. The number of fused-ring (bicyclic) bond motifs is 1. The van der Waals surface area contributed by atoms with E-state index in [1.807, 2.05) is 30.0 Å². The van der Waals surface area contributed by atoms with Crippen molar-refractivity contribution in [1.29, 1.82) is 0 Å². The molecule has 0 saturated heterocycles. The van der Waals surface area contributed by atoms with Gasteiger partial charge in [0.05, 0.1) is 17.1 Å². The predicted molar refractivity (Wildman–Crippen MR) is 112 cm³/mol. The van der Waals surface area contributed by atoms with Crippen molar-refractivity contribution < 1.29 is 4.79 Å². The third-order valence-corrected chi connectivity index (χ3v) is 6.00. The van der Waals surface area contributed by atoms with Gasteiger partial charge in [0.1, 0.15) is 0 Å². The Morgan fingerprint density at radius 3 is 2.74 bits per heavy atom. The summed E-state index contributed by atoms with van der Waals surface area (Å²) in [4.78, 5) is 20.8. The molecule has 4 nitrogen and oxygen atoms in total. The quantitative estimate of drug-likeness (QED) is 0.682. The molecule has 0 bridgehead atoms. The number of carbonyl (C=O) groups excluding carboxylic acids is 1. The average molecular weight is 378 g/mol. The van der Waals surface area contributed by atoms with Gasteiger partial charge in [-0.3, -0.25) is 4.79 Å². The number of nitrogens with two attached hydrogens (primary N) is 1. The fraction of sp³-hybridized carbons (Fsp3) is 0.273. The molecular formula is C22H23N3OS. The third kappa shape index (κ3) is 3.47. The SMILES string of the molecule is Cc1ccc(-c2nc(C)sc2CC(=O)N2CCCc3c(N)cccc32)cc1. The van der Waals surface area contributed by atoms with E-state index < -0.39 is 0 Å².